The van der Waals surface area contributed by atoms with E-state index in [1.807, 2.05) is 61.5 Å². The number of carbonyl (C=O) groups is 1. The zero-order chi connectivity index (χ0) is 19.5. The van der Waals surface area contributed by atoms with Gasteiger partial charge in [-0.2, -0.15) is 9.90 Å². The minimum atomic E-state index is -0.350. The lowest BCUT2D eigenvalue weighted by Crippen LogP contribution is -2.13. The van der Waals surface area contributed by atoms with E-state index in [0.29, 0.717) is 5.13 Å². The quantitative estimate of drug-likeness (QED) is 0.557. The molecule has 0 spiro atoms. The van der Waals surface area contributed by atoms with E-state index in [0.717, 1.165) is 27.6 Å². The van der Waals surface area contributed by atoms with Crippen LogP contribution in [0.25, 0.3) is 16.9 Å². The molecule has 140 valence electrons. The van der Waals surface area contributed by atoms with Crippen LogP contribution in [0.15, 0.2) is 60.8 Å². The molecular weight excluding hydrogens is 374 g/mol. The van der Waals surface area contributed by atoms with Crippen molar-refractivity contribution in [3.63, 3.8) is 0 Å². The van der Waals surface area contributed by atoms with Crippen LogP contribution in [0.2, 0.25) is 0 Å². The predicted octanol–water partition coefficient (Wildman–Crippen LogP) is 3.96. The zero-order valence-corrected chi connectivity index (χ0v) is 16.1. The molecule has 0 unspecified atom stereocenters. The monoisotopic (exact) mass is 391 g/mol. The number of aromatic nitrogens is 4. The van der Waals surface area contributed by atoms with Crippen molar-refractivity contribution in [1.29, 1.82) is 0 Å². The Hall–Kier alpha value is -3.52. The molecule has 0 aliphatic carbocycles. The van der Waals surface area contributed by atoms with Crippen molar-refractivity contribution in [2.45, 2.75) is 6.92 Å². The lowest BCUT2D eigenvalue weighted by Gasteiger charge is -2.01. The Morgan fingerprint density at radius 1 is 1.11 bits per heavy atom. The van der Waals surface area contributed by atoms with E-state index < -0.39 is 0 Å². The van der Waals surface area contributed by atoms with E-state index in [1.165, 1.54) is 22.3 Å². The molecule has 0 aliphatic rings. The lowest BCUT2D eigenvalue weighted by molar-refractivity contribution is 0.102. The van der Waals surface area contributed by atoms with Crippen molar-refractivity contribution < 1.29 is 9.53 Å². The molecule has 0 bridgehead atoms. The Morgan fingerprint density at radius 3 is 2.57 bits per heavy atom. The van der Waals surface area contributed by atoms with Crippen LogP contribution in [0.3, 0.4) is 0 Å². The summed E-state index contributed by atoms with van der Waals surface area (Å²) >= 11 is 1.42. The first-order chi connectivity index (χ1) is 13.6. The van der Waals surface area contributed by atoms with E-state index in [2.05, 4.69) is 20.5 Å². The summed E-state index contributed by atoms with van der Waals surface area (Å²) in [5, 5.41) is 11.7. The largest absolute Gasteiger partial charge is 0.497 e. The topological polar surface area (TPSA) is 81.9 Å². The Balaban J connectivity index is 1.51. The zero-order valence-electron chi connectivity index (χ0n) is 15.3. The minimum absolute atomic E-state index is 0.225. The van der Waals surface area contributed by atoms with Crippen molar-refractivity contribution in [1.82, 2.24) is 20.0 Å². The third kappa shape index (κ3) is 3.63. The Morgan fingerprint density at radius 2 is 1.86 bits per heavy atom. The van der Waals surface area contributed by atoms with E-state index >= 15 is 0 Å². The number of hydrogen-bond donors (Lipinski definition) is 1. The fourth-order valence-corrected chi connectivity index (χ4v) is 3.51. The number of anilines is 1. The normalized spacial score (nSPS) is 10.6. The molecule has 1 amide bonds. The second-order valence-corrected chi connectivity index (χ2v) is 7.16. The first kappa shape index (κ1) is 17.9. The molecular formula is C20H17N5O2S. The lowest BCUT2D eigenvalue weighted by atomic mass is 10.1. The molecule has 4 rings (SSSR count). The van der Waals surface area contributed by atoms with Gasteiger partial charge in [-0.05, 0) is 43.3 Å². The van der Waals surface area contributed by atoms with Gasteiger partial charge in [0, 0.05) is 10.4 Å². The SMILES string of the molecule is COc1ccc(-c2nc(NC(=O)c3cnn(-c4ccccc4)n3)sc2C)cc1. The Labute approximate surface area is 165 Å². The number of ether oxygens (including phenoxy) is 1. The maximum absolute atomic E-state index is 12.5. The van der Waals surface area contributed by atoms with Gasteiger partial charge in [0.05, 0.1) is 24.7 Å². The smallest absolute Gasteiger partial charge is 0.279 e. The van der Waals surface area contributed by atoms with Gasteiger partial charge in [-0.25, -0.2) is 4.98 Å². The maximum Gasteiger partial charge on any atom is 0.279 e. The number of hydrogen-bond acceptors (Lipinski definition) is 6. The molecule has 0 atom stereocenters. The van der Waals surface area contributed by atoms with Crippen LogP contribution in [-0.4, -0.2) is 33.0 Å². The summed E-state index contributed by atoms with van der Waals surface area (Å²) in [6, 6.07) is 17.1. The minimum Gasteiger partial charge on any atom is -0.497 e. The van der Waals surface area contributed by atoms with Gasteiger partial charge in [0.25, 0.3) is 5.91 Å². The number of thiazole rings is 1. The van der Waals surface area contributed by atoms with Crippen molar-refractivity contribution in [3.8, 4) is 22.7 Å². The fraction of sp³-hybridized carbons (Fsp3) is 0.100. The predicted molar refractivity (Wildman–Crippen MR) is 108 cm³/mol. The third-order valence-electron chi connectivity index (χ3n) is 4.09. The average Bonchev–Trinajstić information content (AvgIpc) is 3.36. The number of nitrogens with one attached hydrogen (secondary N) is 1. The second-order valence-electron chi connectivity index (χ2n) is 5.96. The molecule has 0 fully saturated rings. The molecule has 0 aliphatic heterocycles. The van der Waals surface area contributed by atoms with E-state index in [9.17, 15) is 4.79 Å². The van der Waals surface area contributed by atoms with Crippen molar-refractivity contribution in [2.24, 2.45) is 0 Å². The number of carbonyl (C=O) groups excluding carboxylic acids is 1. The van der Waals surface area contributed by atoms with Gasteiger partial charge in [0.15, 0.2) is 10.8 Å². The number of nitrogens with zero attached hydrogens (tertiary/aromatic N) is 4. The second kappa shape index (κ2) is 7.61. The highest BCUT2D eigenvalue weighted by molar-refractivity contribution is 7.16. The van der Waals surface area contributed by atoms with Gasteiger partial charge in [-0.3, -0.25) is 10.1 Å². The maximum atomic E-state index is 12.5. The van der Waals surface area contributed by atoms with Crippen molar-refractivity contribution >= 4 is 22.4 Å². The molecule has 4 aromatic rings. The molecule has 2 aromatic heterocycles. The number of amides is 1. The van der Waals surface area contributed by atoms with Crippen LogP contribution in [0, 0.1) is 6.92 Å². The highest BCUT2D eigenvalue weighted by Gasteiger charge is 2.16. The number of rotatable bonds is 5. The average molecular weight is 391 g/mol. The van der Waals surface area contributed by atoms with Crippen LogP contribution < -0.4 is 10.1 Å². The van der Waals surface area contributed by atoms with Gasteiger partial charge >= 0.3 is 0 Å². The van der Waals surface area contributed by atoms with Gasteiger partial charge in [-0.15, -0.1) is 16.4 Å². The Bertz CT molecular complexity index is 1100. The van der Waals surface area contributed by atoms with Gasteiger partial charge in [0.1, 0.15) is 5.75 Å². The summed E-state index contributed by atoms with van der Waals surface area (Å²) in [6.07, 6.45) is 1.44. The number of methoxy groups -OCH3 is 1. The Kier molecular flexibility index (Phi) is 4.86. The molecule has 28 heavy (non-hydrogen) atoms. The fourth-order valence-electron chi connectivity index (χ4n) is 2.68. The number of aryl methyl sites for hydroxylation is 1. The molecule has 0 saturated heterocycles. The molecule has 0 saturated carbocycles. The first-order valence-corrected chi connectivity index (χ1v) is 9.36. The molecule has 8 heteroatoms. The number of benzene rings is 2. The summed E-state index contributed by atoms with van der Waals surface area (Å²) in [4.78, 5) is 19.5. The van der Waals surface area contributed by atoms with E-state index in [1.54, 1.807) is 7.11 Å². The molecule has 7 nitrogen and oxygen atoms in total. The summed E-state index contributed by atoms with van der Waals surface area (Å²) in [6.45, 7) is 1.97. The summed E-state index contributed by atoms with van der Waals surface area (Å²) in [5.41, 5.74) is 2.80. The standard InChI is InChI=1S/C20H17N5O2S/c1-13-18(14-8-10-16(27-2)11-9-14)22-20(28-13)23-19(26)17-12-21-25(24-17)15-6-4-3-5-7-15/h3-12H,1-2H3,(H,22,23,26). The van der Waals surface area contributed by atoms with Gasteiger partial charge in [0.2, 0.25) is 0 Å². The van der Waals surface area contributed by atoms with Gasteiger partial charge < -0.3 is 4.74 Å². The van der Waals surface area contributed by atoms with Crippen molar-refractivity contribution in [3.05, 3.63) is 71.4 Å². The van der Waals surface area contributed by atoms with E-state index in [4.69, 9.17) is 4.74 Å². The number of para-hydroxylation sites is 1. The van der Waals surface area contributed by atoms with Crippen LogP contribution >= 0.6 is 11.3 Å². The molecule has 0 radical (unpaired) electrons. The van der Waals surface area contributed by atoms with Gasteiger partial charge in [-0.1, -0.05) is 18.2 Å². The highest BCUT2D eigenvalue weighted by Crippen LogP contribution is 2.31. The summed E-state index contributed by atoms with van der Waals surface area (Å²) in [7, 11) is 1.63. The molecule has 2 heterocycles. The summed E-state index contributed by atoms with van der Waals surface area (Å²) < 4.78 is 5.19. The van der Waals surface area contributed by atoms with Crippen molar-refractivity contribution in [2.75, 3.05) is 12.4 Å². The highest BCUT2D eigenvalue weighted by atomic mass is 32.1. The van der Waals surface area contributed by atoms with E-state index in [-0.39, 0.29) is 11.6 Å². The van der Waals surface area contributed by atoms with Crippen LogP contribution in [0.5, 0.6) is 5.75 Å². The summed E-state index contributed by atoms with van der Waals surface area (Å²) in [5.74, 6) is 0.434. The molecule has 2 aromatic carbocycles. The first-order valence-electron chi connectivity index (χ1n) is 8.55. The molecule has 1 N–H and O–H groups in total. The van der Waals surface area contributed by atoms with Crippen LogP contribution in [-0.2, 0) is 0 Å². The third-order valence-corrected chi connectivity index (χ3v) is 4.98. The van der Waals surface area contributed by atoms with Crippen LogP contribution in [0.1, 0.15) is 15.4 Å². The van der Waals surface area contributed by atoms with Crippen LogP contribution in [0.4, 0.5) is 5.13 Å².